The van der Waals surface area contributed by atoms with E-state index in [2.05, 4.69) is 26.9 Å². The number of anilines is 2. The lowest BCUT2D eigenvalue weighted by Gasteiger charge is -2.29. The monoisotopic (exact) mass is 499 g/mol. The van der Waals surface area contributed by atoms with Gasteiger partial charge in [0.05, 0.1) is 5.69 Å². The van der Waals surface area contributed by atoms with E-state index in [1.165, 1.54) is 0 Å². The molecule has 188 valence electrons. The fourth-order valence-corrected chi connectivity index (χ4v) is 5.00. The Kier molecular flexibility index (Phi) is 8.07. The zero-order valence-corrected chi connectivity index (χ0v) is 21.1. The molecule has 10 heteroatoms. The second-order valence-corrected chi connectivity index (χ2v) is 9.69. The summed E-state index contributed by atoms with van der Waals surface area (Å²) in [7, 11) is 0. The fraction of sp³-hybridized carbons (Fsp3) is 0.520. The molecule has 1 aromatic heterocycles. The average Bonchev–Trinajstić information content (AvgIpc) is 3.16. The van der Waals surface area contributed by atoms with Crippen molar-refractivity contribution in [2.75, 3.05) is 18.5 Å². The van der Waals surface area contributed by atoms with Crippen LogP contribution in [0.4, 0.5) is 17.5 Å². The molecule has 2 aromatic rings. The lowest BCUT2D eigenvalue weighted by molar-refractivity contribution is -0.122. The fourth-order valence-electron chi connectivity index (χ4n) is 4.83. The molecule has 1 aromatic carbocycles. The minimum Gasteiger partial charge on any atom is -0.381 e. The van der Waals surface area contributed by atoms with Gasteiger partial charge in [-0.05, 0) is 76.8 Å². The summed E-state index contributed by atoms with van der Waals surface area (Å²) in [4.78, 5) is 25.6. The summed E-state index contributed by atoms with van der Waals surface area (Å²) < 4.78 is 7.59. The van der Waals surface area contributed by atoms with Gasteiger partial charge in [-0.15, -0.1) is 0 Å². The van der Waals surface area contributed by atoms with Gasteiger partial charge in [-0.2, -0.15) is 4.99 Å². The number of halogens is 1. The number of rotatable bonds is 6. The highest BCUT2D eigenvalue weighted by molar-refractivity contribution is 6.31. The molecule has 0 bridgehead atoms. The van der Waals surface area contributed by atoms with Crippen molar-refractivity contribution in [1.82, 2.24) is 14.9 Å². The van der Waals surface area contributed by atoms with Crippen LogP contribution in [-0.2, 0) is 9.53 Å². The van der Waals surface area contributed by atoms with E-state index in [-0.39, 0.29) is 23.9 Å². The maximum Gasteiger partial charge on any atom is 0.224 e. The summed E-state index contributed by atoms with van der Waals surface area (Å²) in [6.45, 7) is 9.08. The Morgan fingerprint density at radius 1 is 1.20 bits per heavy atom. The largest absolute Gasteiger partial charge is 0.381 e. The molecule has 4 rings (SSSR count). The van der Waals surface area contributed by atoms with Crippen molar-refractivity contribution in [3.63, 3.8) is 0 Å². The number of hydrogen-bond donors (Lipinski definition) is 3. The maximum absolute atomic E-state index is 11.7. The number of hydrogen-bond acceptors (Lipinski definition) is 5. The van der Waals surface area contributed by atoms with Crippen molar-refractivity contribution in [3.8, 4) is 0 Å². The van der Waals surface area contributed by atoms with Crippen molar-refractivity contribution >= 4 is 47.6 Å². The van der Waals surface area contributed by atoms with E-state index in [0.717, 1.165) is 74.5 Å². The van der Waals surface area contributed by atoms with Gasteiger partial charge in [-0.3, -0.25) is 9.36 Å². The Morgan fingerprint density at radius 2 is 1.91 bits per heavy atom. The molecule has 0 unspecified atom stereocenters. The van der Waals surface area contributed by atoms with Crippen molar-refractivity contribution in [3.05, 3.63) is 34.5 Å². The lowest BCUT2D eigenvalue weighted by atomic mass is 9.85. The number of ether oxygens (including phenoxy) is 1. The number of nitrogens with zero attached hydrogens (tertiary/aromatic N) is 4. The molecule has 1 saturated heterocycles. The molecule has 1 saturated carbocycles. The second-order valence-electron chi connectivity index (χ2n) is 9.28. The molecular formula is C25H34ClN7O2. The van der Waals surface area contributed by atoms with Crippen LogP contribution in [0.25, 0.3) is 0 Å². The van der Waals surface area contributed by atoms with Crippen LogP contribution in [0, 0.1) is 19.8 Å². The lowest BCUT2D eigenvalue weighted by Crippen LogP contribution is -2.38. The predicted octanol–water partition coefficient (Wildman–Crippen LogP) is 4.57. The van der Waals surface area contributed by atoms with E-state index < -0.39 is 0 Å². The van der Waals surface area contributed by atoms with Crippen molar-refractivity contribution in [1.29, 1.82) is 0 Å². The zero-order valence-electron chi connectivity index (χ0n) is 20.4. The second kappa shape index (κ2) is 11.2. The standard InChI is InChI=1S/C25H34ClN7O2/c1-15-20(26)5-4-6-21(15)31-25-29-16(2)23(32-24(28-3)30-18-11-13-35-14-12-18)33(25)19-9-7-17(8-10-19)22(27)34/h4-6,17-19H,3,7-14H2,1-2H3,(H2,27,34)(H,29,31)(H,30,32)/t17-,19+. The van der Waals surface area contributed by atoms with Crippen LogP contribution >= 0.6 is 11.6 Å². The molecule has 2 heterocycles. The van der Waals surface area contributed by atoms with E-state index in [1.807, 2.05) is 32.0 Å². The Hall–Kier alpha value is -2.91. The van der Waals surface area contributed by atoms with E-state index in [4.69, 9.17) is 32.0 Å². The maximum atomic E-state index is 11.7. The number of amides is 1. The first-order valence-electron chi connectivity index (χ1n) is 12.2. The molecule has 0 atom stereocenters. The van der Waals surface area contributed by atoms with Gasteiger partial charge in [0.15, 0.2) is 5.82 Å². The minimum atomic E-state index is -0.227. The molecule has 2 aliphatic rings. The number of imidazole rings is 1. The number of aromatic nitrogens is 2. The van der Waals surface area contributed by atoms with Crippen LogP contribution in [-0.4, -0.2) is 47.4 Å². The Bertz CT molecular complexity index is 1100. The zero-order chi connectivity index (χ0) is 24.9. The van der Waals surface area contributed by atoms with Crippen molar-refractivity contribution < 1.29 is 9.53 Å². The van der Waals surface area contributed by atoms with Crippen LogP contribution in [0.3, 0.4) is 0 Å². The normalized spacial score (nSPS) is 21.5. The summed E-state index contributed by atoms with van der Waals surface area (Å²) in [5.41, 5.74) is 8.18. The number of primary amides is 1. The quantitative estimate of drug-likeness (QED) is 0.397. The molecular weight excluding hydrogens is 466 g/mol. The molecule has 2 fully saturated rings. The van der Waals surface area contributed by atoms with Crippen LogP contribution in [0.1, 0.15) is 55.8 Å². The van der Waals surface area contributed by atoms with E-state index in [0.29, 0.717) is 16.9 Å². The number of aliphatic imine (C=N–C) groups is 2. The Labute approximate surface area is 211 Å². The van der Waals surface area contributed by atoms with E-state index >= 15 is 0 Å². The van der Waals surface area contributed by atoms with E-state index in [9.17, 15) is 4.79 Å². The number of nitrogens with two attached hydrogens (primary N) is 1. The first-order chi connectivity index (χ1) is 16.9. The first kappa shape index (κ1) is 25.2. The van der Waals surface area contributed by atoms with Gasteiger partial charge in [0.2, 0.25) is 17.8 Å². The molecule has 35 heavy (non-hydrogen) atoms. The van der Waals surface area contributed by atoms with Gasteiger partial charge in [-0.25, -0.2) is 9.98 Å². The molecule has 0 spiro atoms. The summed E-state index contributed by atoms with van der Waals surface area (Å²) >= 11 is 6.36. The van der Waals surface area contributed by atoms with Gasteiger partial charge in [0, 0.05) is 41.9 Å². The highest BCUT2D eigenvalue weighted by atomic mass is 35.5. The third kappa shape index (κ3) is 5.85. The average molecular weight is 500 g/mol. The first-order valence-corrected chi connectivity index (χ1v) is 12.5. The number of aryl methyl sites for hydroxylation is 1. The Balaban J connectivity index is 1.70. The summed E-state index contributed by atoms with van der Waals surface area (Å²) in [6, 6.07) is 6.10. The van der Waals surface area contributed by atoms with Gasteiger partial charge in [0.25, 0.3) is 0 Å². The third-order valence-electron chi connectivity index (χ3n) is 6.95. The smallest absolute Gasteiger partial charge is 0.224 e. The SMILES string of the molecule is C=N/C(=N\c1c(C)nc(Nc2cccc(Cl)c2C)n1[C@H]1CC[C@@H](C(N)=O)CC1)NC1CCOCC1. The number of nitrogens with one attached hydrogen (secondary N) is 2. The van der Waals surface area contributed by atoms with Crippen molar-refractivity contribution in [2.45, 2.75) is 64.5 Å². The number of carbonyl (C=O) groups excluding carboxylic acids is 1. The number of carbonyl (C=O) groups is 1. The number of benzene rings is 1. The molecule has 0 radical (unpaired) electrons. The van der Waals surface area contributed by atoms with Gasteiger partial charge >= 0.3 is 0 Å². The molecule has 9 nitrogen and oxygen atoms in total. The van der Waals surface area contributed by atoms with Crippen molar-refractivity contribution in [2.24, 2.45) is 21.6 Å². The highest BCUT2D eigenvalue weighted by Gasteiger charge is 2.30. The predicted molar refractivity (Wildman–Crippen MR) is 140 cm³/mol. The summed E-state index contributed by atoms with van der Waals surface area (Å²) in [6.07, 6.45) is 4.88. The number of guanidine groups is 1. The summed E-state index contributed by atoms with van der Waals surface area (Å²) in [5, 5.41) is 7.56. The van der Waals surface area contributed by atoms with Gasteiger partial charge < -0.3 is 21.1 Å². The van der Waals surface area contributed by atoms with Crippen LogP contribution in [0.15, 0.2) is 28.2 Å². The van der Waals surface area contributed by atoms with Gasteiger partial charge in [0.1, 0.15) is 0 Å². The molecule has 4 N–H and O–H groups in total. The van der Waals surface area contributed by atoms with Gasteiger partial charge in [-0.1, -0.05) is 17.7 Å². The third-order valence-corrected chi connectivity index (χ3v) is 7.36. The Morgan fingerprint density at radius 3 is 2.57 bits per heavy atom. The van der Waals surface area contributed by atoms with Crippen LogP contribution in [0.2, 0.25) is 5.02 Å². The highest BCUT2D eigenvalue weighted by Crippen LogP contribution is 2.39. The van der Waals surface area contributed by atoms with Crippen LogP contribution in [0.5, 0.6) is 0 Å². The molecule has 1 amide bonds. The molecule has 1 aliphatic heterocycles. The van der Waals surface area contributed by atoms with Crippen LogP contribution < -0.4 is 16.4 Å². The minimum absolute atomic E-state index is 0.0880. The van der Waals surface area contributed by atoms with E-state index in [1.54, 1.807) is 0 Å². The summed E-state index contributed by atoms with van der Waals surface area (Å²) in [5.74, 6) is 1.56. The molecule has 1 aliphatic carbocycles. The topological polar surface area (TPSA) is 119 Å².